The molecule has 0 fully saturated rings. The Hall–Kier alpha value is -2.57. The number of imide groups is 1. The van der Waals surface area contributed by atoms with E-state index >= 15 is 0 Å². The summed E-state index contributed by atoms with van der Waals surface area (Å²) < 4.78 is 5.24. The van der Waals surface area contributed by atoms with Gasteiger partial charge < -0.3 is 15.2 Å². The second-order valence-electron chi connectivity index (χ2n) is 3.63. The molecule has 0 saturated carbocycles. The summed E-state index contributed by atoms with van der Waals surface area (Å²) in [5, 5.41) is 13.2. The van der Waals surface area contributed by atoms with Gasteiger partial charge in [-0.05, 0) is 19.1 Å². The summed E-state index contributed by atoms with van der Waals surface area (Å²) in [6.07, 6.45) is -1.00. The molecule has 0 spiro atoms. The Morgan fingerprint density at radius 2 is 1.89 bits per heavy atom. The Kier molecular flexibility index (Phi) is 4.87. The Morgan fingerprint density at radius 3 is 2.47 bits per heavy atom. The fourth-order valence-corrected chi connectivity index (χ4v) is 1.27. The van der Waals surface area contributed by atoms with Crippen molar-refractivity contribution in [3.63, 3.8) is 0 Å². The fourth-order valence-electron chi connectivity index (χ4n) is 1.27. The quantitative estimate of drug-likeness (QED) is 0.740. The third kappa shape index (κ3) is 3.98. The molecule has 7 nitrogen and oxygen atoms in total. The number of carboxylic acid groups (broad SMARTS) is 1. The third-order valence-electron chi connectivity index (χ3n) is 2.25. The first-order valence-corrected chi connectivity index (χ1v) is 5.47. The number of rotatable bonds is 4. The maximum atomic E-state index is 11.6. The van der Waals surface area contributed by atoms with Crippen molar-refractivity contribution in [3.05, 3.63) is 29.8 Å². The lowest BCUT2D eigenvalue weighted by atomic mass is 10.2. The van der Waals surface area contributed by atoms with Gasteiger partial charge in [-0.2, -0.15) is 0 Å². The molecule has 3 N–H and O–H groups in total. The van der Waals surface area contributed by atoms with Crippen molar-refractivity contribution in [3.8, 4) is 5.75 Å². The standard InChI is InChI=1S/C12H14N2O5/c1-7(10(15)14-12(18)13-2)19-9-6-4-3-5-8(9)11(16)17/h3-7H,1-2H3,(H,16,17)(H2,13,14,15,18). The highest BCUT2D eigenvalue weighted by Gasteiger charge is 2.19. The molecule has 1 atom stereocenters. The Balaban J connectivity index is 2.77. The van der Waals surface area contributed by atoms with Crippen LogP contribution in [-0.2, 0) is 4.79 Å². The maximum Gasteiger partial charge on any atom is 0.339 e. The molecule has 0 aromatic heterocycles. The summed E-state index contributed by atoms with van der Waals surface area (Å²) in [7, 11) is 1.37. The van der Waals surface area contributed by atoms with Gasteiger partial charge in [0.05, 0.1) is 0 Å². The van der Waals surface area contributed by atoms with Crippen LogP contribution in [0.25, 0.3) is 0 Å². The zero-order chi connectivity index (χ0) is 14.4. The van der Waals surface area contributed by atoms with Crippen LogP contribution in [0, 0.1) is 0 Å². The molecule has 1 aromatic rings. The van der Waals surface area contributed by atoms with Gasteiger partial charge in [-0.15, -0.1) is 0 Å². The molecule has 7 heteroatoms. The van der Waals surface area contributed by atoms with Crippen molar-refractivity contribution < 1.29 is 24.2 Å². The third-order valence-corrected chi connectivity index (χ3v) is 2.25. The van der Waals surface area contributed by atoms with Gasteiger partial charge in [0.2, 0.25) is 0 Å². The van der Waals surface area contributed by atoms with Crippen LogP contribution in [0.15, 0.2) is 24.3 Å². The first-order valence-electron chi connectivity index (χ1n) is 5.47. The summed E-state index contributed by atoms with van der Waals surface area (Å²) in [6, 6.07) is 5.28. The van der Waals surface area contributed by atoms with Gasteiger partial charge in [0.25, 0.3) is 5.91 Å². The van der Waals surface area contributed by atoms with E-state index in [0.29, 0.717) is 0 Å². The highest BCUT2D eigenvalue weighted by Crippen LogP contribution is 2.19. The minimum Gasteiger partial charge on any atom is -0.480 e. The minimum absolute atomic E-state index is 0.0536. The smallest absolute Gasteiger partial charge is 0.339 e. The van der Waals surface area contributed by atoms with Crippen molar-refractivity contribution in [2.75, 3.05) is 7.05 Å². The number of hydrogen-bond acceptors (Lipinski definition) is 4. The van der Waals surface area contributed by atoms with E-state index in [4.69, 9.17) is 9.84 Å². The molecule has 1 aromatic carbocycles. The van der Waals surface area contributed by atoms with Crippen LogP contribution in [0.1, 0.15) is 17.3 Å². The van der Waals surface area contributed by atoms with Crippen molar-refractivity contribution in [2.45, 2.75) is 13.0 Å². The van der Waals surface area contributed by atoms with E-state index in [9.17, 15) is 14.4 Å². The van der Waals surface area contributed by atoms with E-state index in [1.165, 1.54) is 26.1 Å². The van der Waals surface area contributed by atoms with E-state index in [1.807, 2.05) is 5.32 Å². The molecule has 0 saturated heterocycles. The lowest BCUT2D eigenvalue weighted by Gasteiger charge is -2.15. The zero-order valence-corrected chi connectivity index (χ0v) is 10.5. The molecule has 0 radical (unpaired) electrons. The monoisotopic (exact) mass is 266 g/mol. The predicted molar refractivity (Wildman–Crippen MR) is 66.1 cm³/mol. The number of hydrogen-bond donors (Lipinski definition) is 3. The molecule has 0 aliphatic heterocycles. The van der Waals surface area contributed by atoms with Gasteiger partial charge in [0.1, 0.15) is 11.3 Å². The van der Waals surface area contributed by atoms with Crippen LogP contribution < -0.4 is 15.4 Å². The lowest BCUT2D eigenvalue weighted by molar-refractivity contribution is -0.126. The van der Waals surface area contributed by atoms with Gasteiger partial charge in [-0.1, -0.05) is 12.1 Å². The first kappa shape index (κ1) is 14.5. The summed E-state index contributed by atoms with van der Waals surface area (Å²) in [5.74, 6) is -1.76. The van der Waals surface area contributed by atoms with Crippen LogP contribution in [0.4, 0.5) is 4.79 Å². The van der Waals surface area contributed by atoms with Crippen LogP contribution in [0.5, 0.6) is 5.75 Å². The van der Waals surface area contributed by atoms with Gasteiger partial charge in [0.15, 0.2) is 6.10 Å². The van der Waals surface area contributed by atoms with Gasteiger partial charge >= 0.3 is 12.0 Å². The molecule has 1 rings (SSSR count). The van der Waals surface area contributed by atoms with Crippen LogP contribution in [-0.4, -0.2) is 36.2 Å². The minimum atomic E-state index is -1.16. The highest BCUT2D eigenvalue weighted by atomic mass is 16.5. The number of carbonyl (C=O) groups is 3. The van der Waals surface area contributed by atoms with E-state index in [-0.39, 0.29) is 11.3 Å². The van der Waals surface area contributed by atoms with Crippen molar-refractivity contribution in [1.82, 2.24) is 10.6 Å². The molecule has 0 aliphatic carbocycles. The number of ether oxygens (including phenoxy) is 1. The summed E-state index contributed by atoms with van der Waals surface area (Å²) in [5.41, 5.74) is -0.0536. The maximum absolute atomic E-state index is 11.6. The molecule has 0 bridgehead atoms. The van der Waals surface area contributed by atoms with Crippen LogP contribution >= 0.6 is 0 Å². The molecular formula is C12H14N2O5. The first-order chi connectivity index (χ1) is 8.95. The summed E-state index contributed by atoms with van der Waals surface area (Å²) in [4.78, 5) is 33.5. The number of nitrogens with one attached hydrogen (secondary N) is 2. The molecule has 19 heavy (non-hydrogen) atoms. The largest absolute Gasteiger partial charge is 0.480 e. The second kappa shape index (κ2) is 6.39. The summed E-state index contributed by atoms with van der Waals surface area (Å²) >= 11 is 0. The van der Waals surface area contributed by atoms with Gasteiger partial charge in [-0.3, -0.25) is 10.1 Å². The SMILES string of the molecule is CNC(=O)NC(=O)C(C)Oc1ccccc1C(=O)O. The molecular weight excluding hydrogens is 252 g/mol. The summed E-state index contributed by atoms with van der Waals surface area (Å²) in [6.45, 7) is 1.41. The molecule has 102 valence electrons. The number of carbonyl (C=O) groups excluding carboxylic acids is 2. The van der Waals surface area contributed by atoms with E-state index in [2.05, 4.69) is 5.32 Å². The number of benzene rings is 1. The normalized spacial score (nSPS) is 11.3. The second-order valence-corrected chi connectivity index (χ2v) is 3.63. The van der Waals surface area contributed by atoms with Crippen molar-refractivity contribution >= 4 is 17.9 Å². The molecule has 3 amide bonds. The fraction of sp³-hybridized carbons (Fsp3) is 0.250. The van der Waals surface area contributed by atoms with Crippen molar-refractivity contribution in [1.29, 1.82) is 0 Å². The number of urea groups is 1. The Bertz CT molecular complexity index is 501. The highest BCUT2D eigenvalue weighted by molar-refractivity contribution is 5.96. The van der Waals surface area contributed by atoms with Crippen molar-refractivity contribution in [2.24, 2.45) is 0 Å². The van der Waals surface area contributed by atoms with E-state index < -0.39 is 24.0 Å². The number of amides is 3. The van der Waals surface area contributed by atoms with Gasteiger partial charge in [-0.25, -0.2) is 9.59 Å². The number of aromatic carboxylic acids is 1. The predicted octanol–water partition coefficient (Wildman–Crippen LogP) is 0.608. The van der Waals surface area contributed by atoms with Gasteiger partial charge in [0, 0.05) is 7.05 Å². The van der Waals surface area contributed by atoms with E-state index in [1.54, 1.807) is 12.1 Å². The molecule has 0 aliphatic rings. The average Bonchev–Trinajstić information content (AvgIpc) is 2.38. The Morgan fingerprint density at radius 1 is 1.26 bits per heavy atom. The lowest BCUT2D eigenvalue weighted by Crippen LogP contribution is -2.44. The van der Waals surface area contributed by atoms with Crippen LogP contribution in [0.2, 0.25) is 0 Å². The van der Waals surface area contributed by atoms with Crippen LogP contribution in [0.3, 0.4) is 0 Å². The average molecular weight is 266 g/mol. The zero-order valence-electron chi connectivity index (χ0n) is 10.5. The molecule has 0 heterocycles. The molecule has 1 unspecified atom stereocenters. The number of carboxylic acids is 1. The Labute approximate surface area is 109 Å². The number of para-hydroxylation sites is 1. The van der Waals surface area contributed by atoms with E-state index in [0.717, 1.165) is 0 Å². The topological polar surface area (TPSA) is 105 Å².